The summed E-state index contributed by atoms with van der Waals surface area (Å²) in [5, 5.41) is 0. The van der Waals surface area contributed by atoms with Crippen LogP contribution >= 0.6 is 0 Å². The van der Waals surface area contributed by atoms with E-state index in [1.807, 2.05) is 0 Å². The highest BCUT2D eigenvalue weighted by Crippen LogP contribution is 2.25. The molecule has 0 saturated carbocycles. The largest absolute Gasteiger partial charge is 0.319 e. The first-order chi connectivity index (χ1) is 7.59. The molecule has 2 rings (SSSR count). The van der Waals surface area contributed by atoms with Gasteiger partial charge in [0.25, 0.3) is 0 Å². The Kier molecular flexibility index (Phi) is 3.29. The van der Waals surface area contributed by atoms with E-state index >= 15 is 0 Å². The van der Waals surface area contributed by atoms with Crippen LogP contribution < -0.4 is 0 Å². The lowest BCUT2D eigenvalue weighted by Gasteiger charge is -2.40. The van der Waals surface area contributed by atoms with Crippen molar-refractivity contribution in [2.45, 2.75) is 25.4 Å². The first kappa shape index (κ1) is 11.6. The fourth-order valence-electron chi connectivity index (χ4n) is 2.55. The summed E-state index contributed by atoms with van der Waals surface area (Å²) in [6, 6.07) is 0. The van der Waals surface area contributed by atoms with Crippen molar-refractivity contribution in [1.82, 2.24) is 0 Å². The van der Waals surface area contributed by atoms with Crippen LogP contribution in [0.1, 0.15) is 19.3 Å². The van der Waals surface area contributed by atoms with Crippen LogP contribution in [0.5, 0.6) is 0 Å². The summed E-state index contributed by atoms with van der Waals surface area (Å²) in [5.41, 5.74) is 2.15. The monoisotopic (exact) mass is 222 g/mol. The van der Waals surface area contributed by atoms with E-state index in [1.165, 1.54) is 5.57 Å². The second kappa shape index (κ2) is 4.54. The maximum Gasteiger partial charge on any atom is 0.170 e. The number of nitrogens with zero attached hydrogens (tertiary/aromatic N) is 1. The first-order valence-corrected chi connectivity index (χ1v) is 6.10. The Morgan fingerprint density at radius 2 is 2.31 bits per heavy atom. The van der Waals surface area contributed by atoms with Crippen LogP contribution in [-0.2, 0) is 0 Å². The predicted molar refractivity (Wildman–Crippen MR) is 65.9 cm³/mol. The van der Waals surface area contributed by atoms with E-state index in [4.69, 9.17) is 0 Å². The first-order valence-electron chi connectivity index (χ1n) is 6.10. The molecule has 2 heteroatoms. The van der Waals surface area contributed by atoms with Gasteiger partial charge in [-0.3, -0.25) is 0 Å². The molecule has 0 N–H and O–H groups in total. The van der Waals surface area contributed by atoms with Gasteiger partial charge in [-0.05, 0) is 18.4 Å². The van der Waals surface area contributed by atoms with Gasteiger partial charge in [-0.15, -0.1) is 0 Å². The highest BCUT2D eigenvalue weighted by molar-refractivity contribution is 5.22. The summed E-state index contributed by atoms with van der Waals surface area (Å²) in [5.74, 6) is 0. The van der Waals surface area contributed by atoms with Crippen molar-refractivity contribution in [1.29, 1.82) is 0 Å². The topological polar surface area (TPSA) is 0 Å². The van der Waals surface area contributed by atoms with Gasteiger partial charge in [0.2, 0.25) is 0 Å². The van der Waals surface area contributed by atoms with Crippen molar-refractivity contribution < 1.29 is 8.87 Å². The molecule has 1 aliphatic carbocycles. The van der Waals surface area contributed by atoms with Crippen LogP contribution in [0.25, 0.3) is 0 Å². The average molecular weight is 222 g/mol. The van der Waals surface area contributed by atoms with Gasteiger partial charge in [-0.1, -0.05) is 24.8 Å². The number of piperidine rings is 1. The van der Waals surface area contributed by atoms with E-state index in [1.54, 1.807) is 0 Å². The molecule has 0 amide bonds. The summed E-state index contributed by atoms with van der Waals surface area (Å²) < 4.78 is 14.5. The van der Waals surface area contributed by atoms with Crippen molar-refractivity contribution >= 4 is 0 Å². The number of alkyl halides is 1. The Bertz CT molecular complexity index is 343. The van der Waals surface area contributed by atoms with Crippen molar-refractivity contribution in [3.8, 4) is 0 Å². The molecule has 0 aromatic rings. The van der Waals surface area contributed by atoms with Crippen LogP contribution in [-0.4, -0.2) is 37.3 Å². The normalized spacial score (nSPS) is 35.0. The Morgan fingerprint density at radius 1 is 1.50 bits per heavy atom. The zero-order chi connectivity index (χ0) is 11.6. The third-order valence-electron chi connectivity index (χ3n) is 3.65. The maximum atomic E-state index is 13.7. The molecular formula is C14H21FN+. The minimum atomic E-state index is -0.813. The number of halogens is 1. The minimum Gasteiger partial charge on any atom is -0.319 e. The lowest BCUT2D eigenvalue weighted by molar-refractivity contribution is -0.909. The molecule has 1 nitrogen and oxygen atoms in total. The van der Waals surface area contributed by atoms with E-state index in [0.29, 0.717) is 6.54 Å². The number of likely N-dealkylation sites (N-methyl/N-ethyl adjacent to an activating group) is 1. The number of hydrogen-bond acceptors (Lipinski definition) is 0. The van der Waals surface area contributed by atoms with Gasteiger partial charge in [0.1, 0.15) is 13.1 Å². The van der Waals surface area contributed by atoms with E-state index in [0.717, 1.165) is 42.4 Å². The Hall–Kier alpha value is -0.890. The summed E-state index contributed by atoms with van der Waals surface area (Å²) in [7, 11) is 2.16. The molecule has 0 aromatic carbocycles. The van der Waals surface area contributed by atoms with Crippen LogP contribution in [0.15, 0.2) is 36.0 Å². The molecular weight excluding hydrogens is 201 g/mol. The van der Waals surface area contributed by atoms with E-state index in [-0.39, 0.29) is 0 Å². The molecule has 1 fully saturated rings. The number of hydrogen-bond donors (Lipinski definition) is 0. The summed E-state index contributed by atoms with van der Waals surface area (Å²) in [6.45, 7) is 6.36. The lowest BCUT2D eigenvalue weighted by atomic mass is 9.99. The fraction of sp³-hybridized carbons (Fsp3) is 0.571. The molecule has 0 aromatic heterocycles. The van der Waals surface area contributed by atoms with Gasteiger partial charge in [-0.2, -0.15) is 0 Å². The Labute approximate surface area is 97.5 Å². The molecule has 16 heavy (non-hydrogen) atoms. The number of likely N-dealkylation sites (tertiary alicyclic amines) is 1. The van der Waals surface area contributed by atoms with Gasteiger partial charge in [-0.25, -0.2) is 4.39 Å². The summed E-state index contributed by atoms with van der Waals surface area (Å²) >= 11 is 0. The second-order valence-electron chi connectivity index (χ2n) is 5.32. The zero-order valence-electron chi connectivity index (χ0n) is 10.1. The number of quaternary nitrogens is 1. The third kappa shape index (κ3) is 2.62. The standard InChI is InChI=1S/C14H21FN/c1-12-8-9-16(2,11-14(12)15)10-13-6-4-3-5-7-13/h4,6-7,14H,1,3,5,8-11H2,2H3/q+1. The molecule has 1 heterocycles. The lowest BCUT2D eigenvalue weighted by Crippen LogP contribution is -2.53. The summed E-state index contributed by atoms with van der Waals surface area (Å²) in [6.07, 6.45) is 9.01. The fourth-order valence-corrected chi connectivity index (χ4v) is 2.55. The van der Waals surface area contributed by atoms with Gasteiger partial charge >= 0.3 is 0 Å². The van der Waals surface area contributed by atoms with Crippen molar-refractivity contribution in [2.75, 3.05) is 26.7 Å². The molecule has 0 radical (unpaired) electrons. The Balaban J connectivity index is 2.00. The zero-order valence-corrected chi connectivity index (χ0v) is 10.1. The van der Waals surface area contributed by atoms with Gasteiger partial charge < -0.3 is 4.48 Å². The van der Waals surface area contributed by atoms with Crippen molar-refractivity contribution in [2.24, 2.45) is 0 Å². The predicted octanol–water partition coefficient (Wildman–Crippen LogP) is 3.01. The minimum absolute atomic E-state index is 0.587. The molecule has 0 spiro atoms. The van der Waals surface area contributed by atoms with E-state index in [9.17, 15) is 4.39 Å². The van der Waals surface area contributed by atoms with Crippen LogP contribution in [0, 0.1) is 0 Å². The Morgan fingerprint density at radius 3 is 2.94 bits per heavy atom. The van der Waals surface area contributed by atoms with E-state index in [2.05, 4.69) is 31.9 Å². The van der Waals surface area contributed by atoms with Gasteiger partial charge in [0.15, 0.2) is 6.17 Å². The molecule has 2 unspecified atom stereocenters. The van der Waals surface area contributed by atoms with Crippen molar-refractivity contribution in [3.05, 3.63) is 36.0 Å². The SMILES string of the molecule is C=C1CC[N+](C)(CC2=CCCC=C2)CC1F. The molecule has 88 valence electrons. The van der Waals surface area contributed by atoms with E-state index < -0.39 is 6.17 Å². The molecule has 1 saturated heterocycles. The maximum absolute atomic E-state index is 13.7. The average Bonchev–Trinajstić information content (AvgIpc) is 2.25. The van der Waals surface area contributed by atoms with Crippen LogP contribution in [0.2, 0.25) is 0 Å². The highest BCUT2D eigenvalue weighted by Gasteiger charge is 2.33. The number of allylic oxidation sites excluding steroid dienone is 2. The second-order valence-corrected chi connectivity index (χ2v) is 5.32. The highest BCUT2D eigenvalue weighted by atomic mass is 19.1. The molecule has 1 aliphatic heterocycles. The number of rotatable bonds is 2. The van der Waals surface area contributed by atoms with Crippen LogP contribution in [0.3, 0.4) is 0 Å². The smallest absolute Gasteiger partial charge is 0.170 e. The quantitative estimate of drug-likeness (QED) is 0.497. The summed E-state index contributed by atoms with van der Waals surface area (Å²) in [4.78, 5) is 0. The van der Waals surface area contributed by atoms with Gasteiger partial charge in [0, 0.05) is 12.0 Å². The molecule has 2 aliphatic rings. The van der Waals surface area contributed by atoms with Crippen LogP contribution in [0.4, 0.5) is 4.39 Å². The van der Waals surface area contributed by atoms with Gasteiger partial charge in [0.05, 0.1) is 13.6 Å². The molecule has 0 bridgehead atoms. The van der Waals surface area contributed by atoms with Crippen molar-refractivity contribution in [3.63, 3.8) is 0 Å². The molecule has 2 atom stereocenters. The third-order valence-corrected chi connectivity index (χ3v) is 3.65.